The standard InChI is InChI=1S/C20H21N5O2/c1-3-21-18-10-17(24-13(2)25-18)12-23-20(27)15-6-4-14(5-7-15)16-8-9-19(26)22-11-16/h4-11H,3,12H2,1-2H3,(H,22,26)(H,23,27)(H,21,24,25). The topological polar surface area (TPSA) is 99.8 Å². The summed E-state index contributed by atoms with van der Waals surface area (Å²) in [7, 11) is 0. The van der Waals surface area contributed by atoms with Crippen LogP contribution in [0, 0.1) is 6.92 Å². The number of rotatable bonds is 6. The number of pyridine rings is 1. The van der Waals surface area contributed by atoms with Crippen LogP contribution in [0.5, 0.6) is 0 Å². The van der Waals surface area contributed by atoms with E-state index in [4.69, 9.17) is 0 Å². The van der Waals surface area contributed by atoms with Crippen LogP contribution in [0.1, 0.15) is 28.8 Å². The molecule has 3 aromatic rings. The van der Waals surface area contributed by atoms with E-state index in [1.807, 2.05) is 32.0 Å². The van der Waals surface area contributed by atoms with Gasteiger partial charge in [-0.05, 0) is 43.2 Å². The third-order valence-corrected chi connectivity index (χ3v) is 3.94. The van der Waals surface area contributed by atoms with Gasteiger partial charge in [0.05, 0.1) is 12.2 Å². The molecule has 7 heteroatoms. The summed E-state index contributed by atoms with van der Waals surface area (Å²) in [5, 5.41) is 6.02. The summed E-state index contributed by atoms with van der Waals surface area (Å²) in [6.07, 6.45) is 1.65. The Hall–Kier alpha value is -3.48. The van der Waals surface area contributed by atoms with Crippen LogP contribution in [0.4, 0.5) is 5.82 Å². The van der Waals surface area contributed by atoms with Crippen LogP contribution >= 0.6 is 0 Å². The third kappa shape index (κ3) is 4.78. The molecule has 0 aliphatic heterocycles. The summed E-state index contributed by atoms with van der Waals surface area (Å²) in [5.74, 6) is 1.23. The predicted molar refractivity (Wildman–Crippen MR) is 105 cm³/mol. The molecule has 0 unspecified atom stereocenters. The maximum atomic E-state index is 12.4. The maximum absolute atomic E-state index is 12.4. The first-order valence-corrected chi connectivity index (χ1v) is 8.71. The third-order valence-electron chi connectivity index (χ3n) is 3.94. The lowest BCUT2D eigenvalue weighted by atomic mass is 10.1. The second-order valence-corrected chi connectivity index (χ2v) is 6.02. The fraction of sp³-hybridized carbons (Fsp3) is 0.200. The highest BCUT2D eigenvalue weighted by Gasteiger charge is 2.08. The molecule has 1 aromatic carbocycles. The largest absolute Gasteiger partial charge is 0.370 e. The lowest BCUT2D eigenvalue weighted by molar-refractivity contribution is 0.0950. The lowest BCUT2D eigenvalue weighted by Gasteiger charge is -2.09. The van der Waals surface area contributed by atoms with Gasteiger partial charge in [-0.15, -0.1) is 0 Å². The molecule has 0 fully saturated rings. The average Bonchev–Trinajstić information content (AvgIpc) is 2.67. The molecule has 2 aromatic heterocycles. The molecule has 0 aliphatic carbocycles. The number of aromatic amines is 1. The first-order chi connectivity index (χ1) is 13.0. The van der Waals surface area contributed by atoms with E-state index < -0.39 is 0 Å². The molecule has 7 nitrogen and oxygen atoms in total. The Balaban J connectivity index is 1.66. The van der Waals surface area contributed by atoms with Crippen molar-refractivity contribution in [3.8, 4) is 11.1 Å². The number of nitrogens with zero attached hydrogens (tertiary/aromatic N) is 2. The molecule has 1 amide bonds. The van der Waals surface area contributed by atoms with Gasteiger partial charge in [0.2, 0.25) is 5.56 Å². The molecule has 138 valence electrons. The Bertz CT molecular complexity index is 976. The van der Waals surface area contributed by atoms with Crippen LogP contribution in [-0.4, -0.2) is 27.4 Å². The summed E-state index contributed by atoms with van der Waals surface area (Å²) < 4.78 is 0. The van der Waals surface area contributed by atoms with Crippen LogP contribution in [0.15, 0.2) is 53.5 Å². The number of H-pyrrole nitrogens is 1. The van der Waals surface area contributed by atoms with E-state index in [9.17, 15) is 9.59 Å². The van der Waals surface area contributed by atoms with E-state index in [1.54, 1.807) is 24.4 Å². The fourth-order valence-electron chi connectivity index (χ4n) is 2.67. The van der Waals surface area contributed by atoms with Crippen molar-refractivity contribution < 1.29 is 4.79 Å². The van der Waals surface area contributed by atoms with Gasteiger partial charge in [-0.1, -0.05) is 12.1 Å². The predicted octanol–water partition coefficient (Wildman–Crippen LogP) is 2.50. The smallest absolute Gasteiger partial charge is 0.251 e. The van der Waals surface area contributed by atoms with Crippen molar-refractivity contribution in [3.05, 3.63) is 76.1 Å². The zero-order chi connectivity index (χ0) is 19.2. The number of carbonyl (C=O) groups excluding carboxylic acids is 1. The van der Waals surface area contributed by atoms with Gasteiger partial charge in [0.15, 0.2) is 0 Å². The second-order valence-electron chi connectivity index (χ2n) is 6.02. The first-order valence-electron chi connectivity index (χ1n) is 8.71. The van der Waals surface area contributed by atoms with Crippen molar-refractivity contribution in [2.75, 3.05) is 11.9 Å². The molecule has 27 heavy (non-hydrogen) atoms. The zero-order valence-corrected chi connectivity index (χ0v) is 15.2. The van der Waals surface area contributed by atoms with Crippen molar-refractivity contribution >= 4 is 11.7 Å². The number of carbonyl (C=O) groups is 1. The molecule has 0 radical (unpaired) electrons. The summed E-state index contributed by atoms with van der Waals surface area (Å²) >= 11 is 0. The Morgan fingerprint density at radius 3 is 2.48 bits per heavy atom. The summed E-state index contributed by atoms with van der Waals surface area (Å²) in [6.45, 7) is 4.91. The number of anilines is 1. The number of benzene rings is 1. The van der Waals surface area contributed by atoms with Gasteiger partial charge in [-0.2, -0.15) is 0 Å². The highest BCUT2D eigenvalue weighted by molar-refractivity contribution is 5.94. The molecule has 3 N–H and O–H groups in total. The number of hydrogen-bond acceptors (Lipinski definition) is 5. The Kier molecular flexibility index (Phi) is 5.61. The van der Waals surface area contributed by atoms with Crippen molar-refractivity contribution in [2.24, 2.45) is 0 Å². The summed E-state index contributed by atoms with van der Waals surface area (Å²) in [5.41, 5.74) is 2.96. The zero-order valence-electron chi connectivity index (χ0n) is 15.2. The van der Waals surface area contributed by atoms with Gasteiger partial charge in [-0.25, -0.2) is 9.97 Å². The van der Waals surface area contributed by atoms with Crippen LogP contribution in [0.2, 0.25) is 0 Å². The van der Waals surface area contributed by atoms with Crippen LogP contribution in [-0.2, 0) is 6.54 Å². The Morgan fingerprint density at radius 2 is 1.81 bits per heavy atom. The normalized spacial score (nSPS) is 10.4. The Morgan fingerprint density at radius 1 is 1.07 bits per heavy atom. The van der Waals surface area contributed by atoms with Crippen molar-refractivity contribution in [1.29, 1.82) is 0 Å². The number of hydrogen-bond donors (Lipinski definition) is 3. The minimum absolute atomic E-state index is 0.146. The van der Waals surface area contributed by atoms with E-state index >= 15 is 0 Å². The number of nitrogens with one attached hydrogen (secondary N) is 3. The van der Waals surface area contributed by atoms with E-state index in [0.29, 0.717) is 17.9 Å². The van der Waals surface area contributed by atoms with Gasteiger partial charge < -0.3 is 15.6 Å². The van der Waals surface area contributed by atoms with Gasteiger partial charge >= 0.3 is 0 Å². The van der Waals surface area contributed by atoms with Gasteiger partial charge in [0, 0.05) is 30.4 Å². The van der Waals surface area contributed by atoms with Crippen molar-refractivity contribution in [2.45, 2.75) is 20.4 Å². The average molecular weight is 363 g/mol. The SMILES string of the molecule is CCNc1cc(CNC(=O)c2ccc(-c3ccc(=O)[nH]c3)cc2)nc(C)n1. The van der Waals surface area contributed by atoms with Gasteiger partial charge in [0.1, 0.15) is 11.6 Å². The highest BCUT2D eigenvalue weighted by Crippen LogP contribution is 2.17. The lowest BCUT2D eigenvalue weighted by Crippen LogP contribution is -2.23. The highest BCUT2D eigenvalue weighted by atomic mass is 16.1. The van der Waals surface area contributed by atoms with Gasteiger partial charge in [0.25, 0.3) is 5.91 Å². The van der Waals surface area contributed by atoms with Crippen LogP contribution in [0.3, 0.4) is 0 Å². The number of aryl methyl sites for hydroxylation is 1. The molecule has 3 rings (SSSR count). The molecule has 2 heterocycles. The molecular weight excluding hydrogens is 342 g/mol. The summed E-state index contributed by atoms with van der Waals surface area (Å²) in [4.78, 5) is 34.8. The maximum Gasteiger partial charge on any atom is 0.251 e. The van der Waals surface area contributed by atoms with Gasteiger partial charge in [-0.3, -0.25) is 9.59 Å². The van der Waals surface area contributed by atoms with Crippen molar-refractivity contribution in [1.82, 2.24) is 20.3 Å². The van der Waals surface area contributed by atoms with Crippen LogP contribution < -0.4 is 16.2 Å². The van der Waals surface area contributed by atoms with Crippen molar-refractivity contribution in [3.63, 3.8) is 0 Å². The molecule has 0 atom stereocenters. The Labute approximate surface area is 156 Å². The van der Waals surface area contributed by atoms with E-state index in [0.717, 1.165) is 29.2 Å². The van der Waals surface area contributed by atoms with E-state index in [-0.39, 0.29) is 11.5 Å². The first kappa shape index (κ1) is 18.3. The summed E-state index contributed by atoms with van der Waals surface area (Å²) in [6, 6.07) is 12.3. The fourth-order valence-corrected chi connectivity index (χ4v) is 2.67. The molecule has 0 spiro atoms. The monoisotopic (exact) mass is 363 g/mol. The molecule has 0 saturated carbocycles. The molecular formula is C20H21N5O2. The minimum Gasteiger partial charge on any atom is -0.370 e. The minimum atomic E-state index is -0.177. The van der Waals surface area contributed by atoms with E-state index in [1.165, 1.54) is 6.07 Å². The number of aromatic nitrogens is 3. The molecule has 0 saturated heterocycles. The number of amides is 1. The molecule has 0 aliphatic rings. The quantitative estimate of drug-likeness (QED) is 0.625. The molecule has 0 bridgehead atoms. The van der Waals surface area contributed by atoms with Crippen LogP contribution in [0.25, 0.3) is 11.1 Å². The second kappa shape index (κ2) is 8.27. The van der Waals surface area contributed by atoms with E-state index in [2.05, 4.69) is 25.6 Å².